The number of hydrogen-bond acceptors (Lipinski definition) is 2. The lowest BCUT2D eigenvalue weighted by molar-refractivity contribution is 0.154. The van der Waals surface area contributed by atoms with Crippen LogP contribution in [-0.4, -0.2) is 24.3 Å². The van der Waals surface area contributed by atoms with Gasteiger partial charge in [-0.15, -0.1) is 0 Å². The van der Waals surface area contributed by atoms with Crippen LogP contribution in [-0.2, 0) is 5.41 Å². The summed E-state index contributed by atoms with van der Waals surface area (Å²) in [6.07, 6.45) is 1.87. The molecule has 1 aliphatic heterocycles. The molecule has 1 heterocycles. The third-order valence-electron chi connectivity index (χ3n) is 3.49. The maximum atomic E-state index is 9.68. The first-order valence-corrected chi connectivity index (χ1v) is 6.50. The van der Waals surface area contributed by atoms with E-state index in [2.05, 4.69) is 49.9 Å². The molecule has 17 heavy (non-hydrogen) atoms. The lowest BCUT2D eigenvalue weighted by atomic mass is 9.87. The van der Waals surface area contributed by atoms with E-state index in [0.717, 1.165) is 25.9 Å². The van der Waals surface area contributed by atoms with Crippen LogP contribution >= 0.6 is 0 Å². The molecule has 1 N–H and O–H groups in total. The first kappa shape index (κ1) is 12.4. The minimum absolute atomic E-state index is 0.161. The highest BCUT2D eigenvalue weighted by Crippen LogP contribution is 2.26. The lowest BCUT2D eigenvalue weighted by Gasteiger charge is -2.32. The Morgan fingerprint density at radius 1 is 1.18 bits per heavy atom. The molecule has 0 radical (unpaired) electrons. The molecule has 0 saturated carbocycles. The highest BCUT2D eigenvalue weighted by Gasteiger charge is 2.19. The van der Waals surface area contributed by atoms with Crippen molar-refractivity contribution < 1.29 is 5.11 Å². The average molecular weight is 233 g/mol. The first-order valence-electron chi connectivity index (χ1n) is 6.50. The molecule has 0 aromatic heterocycles. The van der Waals surface area contributed by atoms with Crippen LogP contribution in [0.3, 0.4) is 0 Å². The summed E-state index contributed by atoms with van der Waals surface area (Å²) in [5.41, 5.74) is 2.80. The van der Waals surface area contributed by atoms with Crippen molar-refractivity contribution in [1.82, 2.24) is 0 Å². The average Bonchev–Trinajstić information content (AvgIpc) is 2.28. The number of benzene rings is 1. The third kappa shape index (κ3) is 3.01. The fourth-order valence-corrected chi connectivity index (χ4v) is 2.36. The second-order valence-corrected chi connectivity index (χ2v) is 6.04. The van der Waals surface area contributed by atoms with Gasteiger partial charge in [-0.3, -0.25) is 0 Å². The zero-order valence-electron chi connectivity index (χ0n) is 11.1. The number of rotatable bonds is 1. The molecule has 94 valence electrons. The number of anilines is 1. The van der Waals surface area contributed by atoms with Gasteiger partial charge in [0.25, 0.3) is 0 Å². The summed E-state index contributed by atoms with van der Waals surface area (Å²) >= 11 is 0. The summed E-state index contributed by atoms with van der Waals surface area (Å²) in [5, 5.41) is 9.68. The van der Waals surface area contributed by atoms with Crippen LogP contribution in [0.2, 0.25) is 0 Å². The maximum absolute atomic E-state index is 9.68. The summed E-state index contributed by atoms with van der Waals surface area (Å²) in [7, 11) is 0. The van der Waals surface area contributed by atoms with Gasteiger partial charge in [-0.25, -0.2) is 0 Å². The fraction of sp³-hybridized carbons (Fsp3) is 0.600. The van der Waals surface area contributed by atoms with Crippen LogP contribution in [0.1, 0.15) is 39.2 Å². The molecular weight excluding hydrogens is 210 g/mol. The van der Waals surface area contributed by atoms with Crippen molar-refractivity contribution in [1.29, 1.82) is 0 Å². The molecule has 1 aliphatic rings. The first-order chi connectivity index (χ1) is 7.97. The number of nitrogens with zero attached hydrogens (tertiary/aromatic N) is 1. The van der Waals surface area contributed by atoms with Gasteiger partial charge in [-0.2, -0.15) is 0 Å². The van der Waals surface area contributed by atoms with Crippen LogP contribution in [0.5, 0.6) is 0 Å². The fourth-order valence-electron chi connectivity index (χ4n) is 2.36. The van der Waals surface area contributed by atoms with Gasteiger partial charge in [0.2, 0.25) is 0 Å². The van der Waals surface area contributed by atoms with Gasteiger partial charge < -0.3 is 10.0 Å². The van der Waals surface area contributed by atoms with Crippen molar-refractivity contribution in [3.63, 3.8) is 0 Å². The van der Waals surface area contributed by atoms with E-state index >= 15 is 0 Å². The molecule has 0 amide bonds. The number of hydrogen-bond donors (Lipinski definition) is 1. The molecule has 1 atom stereocenters. The smallest absolute Gasteiger partial charge is 0.0715 e. The molecule has 1 saturated heterocycles. The molecule has 2 rings (SSSR count). The predicted molar refractivity (Wildman–Crippen MR) is 72.6 cm³/mol. The highest BCUT2D eigenvalue weighted by molar-refractivity contribution is 5.49. The summed E-state index contributed by atoms with van der Waals surface area (Å²) in [4.78, 5) is 2.28. The van der Waals surface area contributed by atoms with Gasteiger partial charge in [0.15, 0.2) is 0 Å². The minimum Gasteiger partial charge on any atom is -0.391 e. The Hall–Kier alpha value is -1.02. The predicted octanol–water partition coefficient (Wildman–Crippen LogP) is 2.95. The minimum atomic E-state index is -0.161. The zero-order chi connectivity index (χ0) is 12.5. The Morgan fingerprint density at radius 3 is 2.35 bits per heavy atom. The molecular formula is C15H23NO. The molecule has 0 spiro atoms. The third-order valence-corrected chi connectivity index (χ3v) is 3.49. The Balaban J connectivity index is 2.12. The molecule has 1 unspecified atom stereocenters. The van der Waals surface area contributed by atoms with Gasteiger partial charge in [0.1, 0.15) is 0 Å². The Bertz CT molecular complexity index is 364. The number of β-amino-alcohol motifs (C(OH)–C–C–N with tert-alkyl or cyclic N) is 1. The Labute approximate surface area is 104 Å². The molecule has 1 aromatic rings. The van der Waals surface area contributed by atoms with E-state index < -0.39 is 0 Å². The summed E-state index contributed by atoms with van der Waals surface area (Å²) in [5.74, 6) is 0. The largest absolute Gasteiger partial charge is 0.391 e. The van der Waals surface area contributed by atoms with E-state index in [0.29, 0.717) is 0 Å². The van der Waals surface area contributed by atoms with E-state index in [4.69, 9.17) is 0 Å². The molecule has 0 bridgehead atoms. The van der Waals surface area contributed by atoms with Crippen LogP contribution < -0.4 is 4.90 Å². The van der Waals surface area contributed by atoms with E-state index in [1.807, 2.05) is 0 Å². The lowest BCUT2D eigenvalue weighted by Crippen LogP contribution is -2.38. The Morgan fingerprint density at radius 2 is 1.82 bits per heavy atom. The van der Waals surface area contributed by atoms with Crippen LogP contribution in [0.15, 0.2) is 24.3 Å². The summed E-state index contributed by atoms with van der Waals surface area (Å²) in [6, 6.07) is 8.77. The maximum Gasteiger partial charge on any atom is 0.0715 e. The van der Waals surface area contributed by atoms with Crippen molar-refractivity contribution >= 4 is 5.69 Å². The van der Waals surface area contributed by atoms with Gasteiger partial charge >= 0.3 is 0 Å². The number of aliphatic hydroxyl groups is 1. The molecule has 2 nitrogen and oxygen atoms in total. The van der Waals surface area contributed by atoms with E-state index in [-0.39, 0.29) is 11.5 Å². The number of aliphatic hydroxyl groups excluding tert-OH is 1. The second kappa shape index (κ2) is 4.69. The quantitative estimate of drug-likeness (QED) is 0.806. The Kier molecular flexibility index (Phi) is 3.43. The van der Waals surface area contributed by atoms with Crippen molar-refractivity contribution in [2.75, 3.05) is 18.0 Å². The van der Waals surface area contributed by atoms with E-state index in [1.54, 1.807) is 0 Å². The molecule has 2 heteroatoms. The second-order valence-electron chi connectivity index (χ2n) is 6.04. The van der Waals surface area contributed by atoms with Gasteiger partial charge in [0.05, 0.1) is 6.10 Å². The normalized spacial score (nSPS) is 21.6. The van der Waals surface area contributed by atoms with Crippen molar-refractivity contribution in [2.24, 2.45) is 0 Å². The monoisotopic (exact) mass is 233 g/mol. The SMILES string of the molecule is CC(C)(C)c1ccc(N2CCCC(O)C2)cc1. The van der Waals surface area contributed by atoms with Crippen molar-refractivity contribution in [2.45, 2.75) is 45.1 Å². The topological polar surface area (TPSA) is 23.5 Å². The van der Waals surface area contributed by atoms with Crippen LogP contribution in [0, 0.1) is 0 Å². The molecule has 1 fully saturated rings. The van der Waals surface area contributed by atoms with Gasteiger partial charge in [0, 0.05) is 18.8 Å². The standard InChI is InChI=1S/C15H23NO/c1-15(2,3)12-6-8-13(9-7-12)16-10-4-5-14(17)11-16/h6-9,14,17H,4-5,10-11H2,1-3H3. The van der Waals surface area contributed by atoms with E-state index in [1.165, 1.54) is 11.3 Å². The summed E-state index contributed by atoms with van der Waals surface area (Å²) in [6.45, 7) is 8.52. The zero-order valence-corrected chi connectivity index (χ0v) is 11.1. The molecule has 1 aromatic carbocycles. The summed E-state index contributed by atoms with van der Waals surface area (Å²) < 4.78 is 0. The van der Waals surface area contributed by atoms with Gasteiger partial charge in [-0.05, 0) is 36.0 Å². The number of piperidine rings is 1. The van der Waals surface area contributed by atoms with Crippen molar-refractivity contribution in [3.8, 4) is 0 Å². The van der Waals surface area contributed by atoms with Crippen LogP contribution in [0.25, 0.3) is 0 Å². The van der Waals surface area contributed by atoms with Gasteiger partial charge in [-0.1, -0.05) is 32.9 Å². The highest BCUT2D eigenvalue weighted by atomic mass is 16.3. The van der Waals surface area contributed by atoms with Crippen molar-refractivity contribution in [3.05, 3.63) is 29.8 Å². The molecule has 0 aliphatic carbocycles. The van der Waals surface area contributed by atoms with Crippen LogP contribution in [0.4, 0.5) is 5.69 Å². The van der Waals surface area contributed by atoms with E-state index in [9.17, 15) is 5.11 Å².